The summed E-state index contributed by atoms with van der Waals surface area (Å²) in [6.45, 7) is 3.23. The molecule has 0 spiro atoms. The first-order valence-electron chi connectivity index (χ1n) is 5.22. The Kier molecular flexibility index (Phi) is 4.75. The van der Waals surface area contributed by atoms with Crippen LogP contribution in [-0.2, 0) is 0 Å². The lowest BCUT2D eigenvalue weighted by molar-refractivity contribution is 0.188. The van der Waals surface area contributed by atoms with Crippen LogP contribution >= 0.6 is 12.6 Å². The molecule has 0 aromatic heterocycles. The predicted octanol–water partition coefficient (Wildman–Crippen LogP) is 1.70. The third kappa shape index (κ3) is 3.88. The van der Waals surface area contributed by atoms with Gasteiger partial charge in [-0.15, -0.1) is 0 Å². The van der Waals surface area contributed by atoms with Gasteiger partial charge in [0.25, 0.3) is 5.24 Å². The molecular weight excluding hydrogens is 196 g/mol. The van der Waals surface area contributed by atoms with Gasteiger partial charge in [-0.3, -0.25) is 4.79 Å². The highest BCUT2D eigenvalue weighted by Crippen LogP contribution is 2.18. The zero-order chi connectivity index (χ0) is 10.6. The Balaban J connectivity index is 2.20. The van der Waals surface area contributed by atoms with E-state index in [1.165, 1.54) is 25.9 Å². The molecule has 1 saturated heterocycles. The summed E-state index contributed by atoms with van der Waals surface area (Å²) in [4.78, 5) is 14.9. The molecule has 1 amide bonds. The lowest BCUT2D eigenvalue weighted by Crippen LogP contribution is -2.34. The van der Waals surface area contributed by atoms with E-state index in [4.69, 9.17) is 0 Å². The minimum absolute atomic E-state index is 0.130. The number of hydrogen-bond donors (Lipinski definition) is 1. The van der Waals surface area contributed by atoms with Gasteiger partial charge in [0.2, 0.25) is 0 Å². The van der Waals surface area contributed by atoms with Gasteiger partial charge in [-0.2, -0.15) is 0 Å². The first kappa shape index (κ1) is 11.9. The van der Waals surface area contributed by atoms with E-state index in [1.807, 2.05) is 7.05 Å². The summed E-state index contributed by atoms with van der Waals surface area (Å²) in [6, 6.07) is 0. The average molecular weight is 216 g/mol. The van der Waals surface area contributed by atoms with Crippen LogP contribution in [0.4, 0.5) is 4.79 Å². The number of rotatable bonds is 3. The molecule has 1 fully saturated rings. The highest BCUT2D eigenvalue weighted by atomic mass is 32.1. The second-order valence-corrected chi connectivity index (χ2v) is 4.65. The van der Waals surface area contributed by atoms with Crippen molar-refractivity contribution in [2.24, 2.45) is 5.92 Å². The van der Waals surface area contributed by atoms with E-state index in [0.717, 1.165) is 18.9 Å². The van der Waals surface area contributed by atoms with E-state index in [0.29, 0.717) is 0 Å². The molecule has 0 bridgehead atoms. The molecule has 0 radical (unpaired) electrons. The summed E-state index contributed by atoms with van der Waals surface area (Å²) in [5, 5.41) is -0.130. The highest BCUT2D eigenvalue weighted by Gasteiger charge is 2.17. The SMILES string of the molecule is CN1CCCC(CCN(C)C(=O)S)C1. The molecular formula is C10H20N2OS. The van der Waals surface area contributed by atoms with Crippen LogP contribution in [0.5, 0.6) is 0 Å². The number of carbonyl (C=O) groups is 1. The number of piperidine rings is 1. The van der Waals surface area contributed by atoms with Crippen LogP contribution in [0.2, 0.25) is 0 Å². The fourth-order valence-electron chi connectivity index (χ4n) is 1.98. The summed E-state index contributed by atoms with van der Waals surface area (Å²) in [7, 11) is 3.97. The van der Waals surface area contributed by atoms with Crippen molar-refractivity contribution in [3.63, 3.8) is 0 Å². The van der Waals surface area contributed by atoms with Crippen LogP contribution < -0.4 is 0 Å². The molecule has 1 rings (SSSR count). The van der Waals surface area contributed by atoms with Crippen molar-refractivity contribution < 1.29 is 4.79 Å². The Morgan fingerprint density at radius 1 is 1.64 bits per heavy atom. The van der Waals surface area contributed by atoms with E-state index in [9.17, 15) is 4.79 Å². The highest BCUT2D eigenvalue weighted by molar-refractivity contribution is 7.96. The van der Waals surface area contributed by atoms with Gasteiger partial charge in [-0.05, 0) is 38.8 Å². The standard InChI is InChI=1S/C10H20N2OS/c1-11-6-3-4-9(8-11)5-7-12(2)10(13)14/h9H,3-8H2,1-2H3,(H,13,14). The maximum atomic E-state index is 10.9. The molecule has 0 aliphatic carbocycles. The molecule has 1 heterocycles. The molecule has 0 aromatic carbocycles. The Hall–Kier alpha value is -0.220. The molecule has 0 saturated carbocycles. The predicted molar refractivity (Wildman–Crippen MR) is 61.9 cm³/mol. The summed E-state index contributed by atoms with van der Waals surface area (Å²) in [5.74, 6) is 0.754. The van der Waals surface area contributed by atoms with Gasteiger partial charge in [0.15, 0.2) is 0 Å². The van der Waals surface area contributed by atoms with Gasteiger partial charge in [0, 0.05) is 20.1 Å². The van der Waals surface area contributed by atoms with E-state index >= 15 is 0 Å². The lowest BCUT2D eigenvalue weighted by Gasteiger charge is -2.30. The van der Waals surface area contributed by atoms with Crippen LogP contribution in [0.1, 0.15) is 19.3 Å². The fraction of sp³-hybridized carbons (Fsp3) is 0.900. The second-order valence-electron chi connectivity index (χ2n) is 4.26. The number of amides is 1. The number of likely N-dealkylation sites (tertiary alicyclic amines) is 1. The first-order chi connectivity index (χ1) is 6.59. The minimum Gasteiger partial charge on any atom is -0.337 e. The molecule has 14 heavy (non-hydrogen) atoms. The molecule has 1 aliphatic rings. The van der Waals surface area contributed by atoms with E-state index in [-0.39, 0.29) is 5.24 Å². The normalized spacial score (nSPS) is 23.5. The summed E-state index contributed by atoms with van der Waals surface area (Å²) in [5.41, 5.74) is 0. The Labute approximate surface area is 91.9 Å². The monoisotopic (exact) mass is 216 g/mol. The number of nitrogens with zero attached hydrogens (tertiary/aromatic N) is 2. The van der Waals surface area contributed by atoms with Crippen LogP contribution in [0.25, 0.3) is 0 Å². The lowest BCUT2D eigenvalue weighted by atomic mass is 9.95. The average Bonchev–Trinajstić information content (AvgIpc) is 2.14. The summed E-state index contributed by atoms with van der Waals surface area (Å²) in [6.07, 6.45) is 3.70. The van der Waals surface area contributed by atoms with Crippen LogP contribution in [0.3, 0.4) is 0 Å². The van der Waals surface area contributed by atoms with Crippen molar-refractivity contribution >= 4 is 17.9 Å². The molecule has 1 unspecified atom stereocenters. The van der Waals surface area contributed by atoms with E-state index in [2.05, 4.69) is 24.6 Å². The van der Waals surface area contributed by atoms with Gasteiger partial charge >= 0.3 is 0 Å². The van der Waals surface area contributed by atoms with Crippen LogP contribution in [0, 0.1) is 5.92 Å². The van der Waals surface area contributed by atoms with Crippen LogP contribution in [0.15, 0.2) is 0 Å². The smallest absolute Gasteiger partial charge is 0.278 e. The maximum Gasteiger partial charge on any atom is 0.278 e. The van der Waals surface area contributed by atoms with Crippen molar-refractivity contribution in [2.75, 3.05) is 33.7 Å². The molecule has 3 nitrogen and oxygen atoms in total. The van der Waals surface area contributed by atoms with E-state index < -0.39 is 0 Å². The molecule has 1 atom stereocenters. The molecule has 82 valence electrons. The van der Waals surface area contributed by atoms with Gasteiger partial charge < -0.3 is 9.80 Å². The molecule has 0 aromatic rings. The summed E-state index contributed by atoms with van der Waals surface area (Å²) < 4.78 is 0. The van der Waals surface area contributed by atoms with Crippen molar-refractivity contribution in [1.29, 1.82) is 0 Å². The fourth-order valence-corrected chi connectivity index (χ4v) is 2.08. The van der Waals surface area contributed by atoms with Gasteiger partial charge in [-0.25, -0.2) is 0 Å². The first-order valence-corrected chi connectivity index (χ1v) is 5.67. The van der Waals surface area contributed by atoms with Crippen LogP contribution in [-0.4, -0.2) is 48.8 Å². The number of hydrogen-bond acceptors (Lipinski definition) is 2. The third-order valence-electron chi connectivity index (χ3n) is 2.92. The van der Waals surface area contributed by atoms with Crippen molar-refractivity contribution in [3.05, 3.63) is 0 Å². The molecule has 1 aliphatic heterocycles. The molecule has 4 heteroatoms. The Morgan fingerprint density at radius 3 is 2.93 bits per heavy atom. The largest absolute Gasteiger partial charge is 0.337 e. The third-order valence-corrected chi connectivity index (χ3v) is 3.26. The van der Waals surface area contributed by atoms with Crippen molar-refractivity contribution in [1.82, 2.24) is 9.80 Å². The van der Waals surface area contributed by atoms with Gasteiger partial charge in [-0.1, -0.05) is 12.6 Å². The Bertz CT molecular complexity index is 199. The molecule has 0 N–H and O–H groups in total. The van der Waals surface area contributed by atoms with Crippen molar-refractivity contribution in [3.8, 4) is 0 Å². The van der Waals surface area contributed by atoms with Gasteiger partial charge in [0.1, 0.15) is 0 Å². The summed E-state index contributed by atoms with van der Waals surface area (Å²) >= 11 is 3.79. The Morgan fingerprint density at radius 2 is 2.36 bits per heavy atom. The minimum atomic E-state index is -0.130. The van der Waals surface area contributed by atoms with Gasteiger partial charge in [0.05, 0.1) is 0 Å². The topological polar surface area (TPSA) is 23.6 Å². The second kappa shape index (κ2) is 5.61. The maximum absolute atomic E-state index is 10.9. The van der Waals surface area contributed by atoms with Crippen molar-refractivity contribution in [2.45, 2.75) is 19.3 Å². The number of carbonyl (C=O) groups excluding carboxylic acids is 1. The number of thiol groups is 1. The van der Waals surface area contributed by atoms with E-state index in [1.54, 1.807) is 4.90 Å². The zero-order valence-corrected chi connectivity index (χ0v) is 9.96. The zero-order valence-electron chi connectivity index (χ0n) is 9.07. The quantitative estimate of drug-likeness (QED) is 0.726.